The molecule has 33 heavy (non-hydrogen) atoms. The number of rotatable bonds is 9. The highest BCUT2D eigenvalue weighted by atomic mass is 32.1. The van der Waals surface area contributed by atoms with Gasteiger partial charge in [0.15, 0.2) is 10.6 Å². The van der Waals surface area contributed by atoms with Crippen molar-refractivity contribution >= 4 is 18.1 Å². The first kappa shape index (κ1) is 22.5. The van der Waals surface area contributed by atoms with E-state index in [1.54, 1.807) is 0 Å². The Labute approximate surface area is 198 Å². The third-order valence-electron chi connectivity index (χ3n) is 5.23. The number of aromatic nitrogens is 3. The average molecular weight is 459 g/mol. The van der Waals surface area contributed by atoms with Crippen LogP contribution in [-0.4, -0.2) is 20.7 Å². The third-order valence-corrected chi connectivity index (χ3v) is 5.55. The fourth-order valence-electron chi connectivity index (χ4n) is 3.52. The van der Waals surface area contributed by atoms with Gasteiger partial charge in [-0.1, -0.05) is 66.2 Å². The van der Waals surface area contributed by atoms with Crippen LogP contribution in [0.25, 0.3) is 11.4 Å². The Morgan fingerprint density at radius 3 is 2.64 bits per heavy atom. The average Bonchev–Trinajstić information content (AvgIpc) is 3.21. The Hall–Kier alpha value is -3.71. The van der Waals surface area contributed by atoms with E-state index in [0.717, 1.165) is 33.8 Å². The van der Waals surface area contributed by atoms with Crippen molar-refractivity contribution < 1.29 is 9.53 Å². The summed E-state index contributed by atoms with van der Waals surface area (Å²) in [5.74, 6) is 1.46. The lowest BCUT2D eigenvalue weighted by molar-refractivity contribution is -0.121. The number of aromatic amines is 1. The van der Waals surface area contributed by atoms with E-state index < -0.39 is 0 Å². The topological polar surface area (TPSA) is 71.9 Å². The van der Waals surface area contributed by atoms with Crippen molar-refractivity contribution in [2.75, 3.05) is 0 Å². The Morgan fingerprint density at radius 1 is 1.03 bits per heavy atom. The van der Waals surface area contributed by atoms with Gasteiger partial charge in [0.05, 0.1) is 0 Å². The molecule has 3 aromatic carbocycles. The summed E-state index contributed by atoms with van der Waals surface area (Å²) in [6.07, 6.45) is 0.302. The number of hydrogen-bond donors (Lipinski definition) is 2. The van der Waals surface area contributed by atoms with Crippen molar-refractivity contribution in [2.24, 2.45) is 0 Å². The number of ether oxygens (including phenoxy) is 1. The summed E-state index contributed by atoms with van der Waals surface area (Å²) < 4.78 is 8.24. The molecule has 1 aromatic heterocycles. The minimum Gasteiger partial charge on any atom is -0.489 e. The first-order valence-corrected chi connectivity index (χ1v) is 11.2. The fraction of sp³-hybridized carbons (Fsp3) is 0.192. The standard InChI is InChI=1S/C26H26N4O2S/c1-19-7-5-11-22(15-19)25-28-29-26(33)30(25)14-13-24(31)27-17-21-10-6-12-23(16-21)32-18-20-8-3-2-4-9-20/h2-12,15-16H,13-14,17-18H2,1H3,(H,27,31)(H,29,33). The molecular weight excluding hydrogens is 432 g/mol. The number of nitrogens with zero attached hydrogens (tertiary/aromatic N) is 2. The van der Waals surface area contributed by atoms with E-state index in [-0.39, 0.29) is 5.91 Å². The summed E-state index contributed by atoms with van der Waals surface area (Å²) in [5.41, 5.74) is 4.20. The Morgan fingerprint density at radius 2 is 1.82 bits per heavy atom. The van der Waals surface area contributed by atoms with Crippen LogP contribution in [-0.2, 0) is 24.5 Å². The van der Waals surface area contributed by atoms with E-state index in [4.69, 9.17) is 17.0 Å². The van der Waals surface area contributed by atoms with Crippen molar-refractivity contribution in [1.29, 1.82) is 0 Å². The van der Waals surface area contributed by atoms with E-state index >= 15 is 0 Å². The molecule has 0 aliphatic rings. The second kappa shape index (κ2) is 10.7. The van der Waals surface area contributed by atoms with Crippen LogP contribution in [0.3, 0.4) is 0 Å². The van der Waals surface area contributed by atoms with E-state index in [9.17, 15) is 4.79 Å². The zero-order valence-electron chi connectivity index (χ0n) is 18.5. The van der Waals surface area contributed by atoms with Gasteiger partial charge in [-0.05, 0) is 48.5 Å². The molecule has 0 fully saturated rings. The second-order valence-corrected chi connectivity index (χ2v) is 8.21. The van der Waals surface area contributed by atoms with Crippen molar-refractivity contribution in [2.45, 2.75) is 33.0 Å². The molecule has 0 atom stereocenters. The number of carbonyl (C=O) groups excluding carboxylic acids is 1. The highest BCUT2D eigenvalue weighted by Gasteiger charge is 2.11. The zero-order valence-corrected chi connectivity index (χ0v) is 19.3. The first-order valence-electron chi connectivity index (χ1n) is 10.8. The van der Waals surface area contributed by atoms with Gasteiger partial charge in [-0.3, -0.25) is 14.5 Å². The number of carbonyl (C=O) groups is 1. The number of H-pyrrole nitrogens is 1. The third kappa shape index (κ3) is 6.17. The summed E-state index contributed by atoms with van der Waals surface area (Å²) in [5, 5.41) is 10.2. The van der Waals surface area contributed by atoms with Crippen LogP contribution in [0.2, 0.25) is 0 Å². The Balaban J connectivity index is 1.31. The molecule has 0 radical (unpaired) electrons. The number of nitrogens with one attached hydrogen (secondary N) is 2. The van der Waals surface area contributed by atoms with Gasteiger partial charge in [0.2, 0.25) is 5.91 Å². The second-order valence-electron chi connectivity index (χ2n) is 7.82. The van der Waals surface area contributed by atoms with Crippen LogP contribution >= 0.6 is 12.2 Å². The molecule has 7 heteroatoms. The van der Waals surface area contributed by atoms with E-state index in [1.807, 2.05) is 90.4 Å². The summed E-state index contributed by atoms with van der Waals surface area (Å²) in [6.45, 7) is 3.42. The molecule has 0 bridgehead atoms. The lowest BCUT2D eigenvalue weighted by atomic mass is 10.1. The maximum absolute atomic E-state index is 12.5. The van der Waals surface area contributed by atoms with Gasteiger partial charge in [0.25, 0.3) is 0 Å². The van der Waals surface area contributed by atoms with E-state index in [1.165, 1.54) is 0 Å². The molecule has 6 nitrogen and oxygen atoms in total. The molecule has 0 saturated carbocycles. The molecule has 2 N–H and O–H groups in total. The minimum atomic E-state index is -0.0519. The number of amides is 1. The monoisotopic (exact) mass is 458 g/mol. The largest absolute Gasteiger partial charge is 0.489 e. The smallest absolute Gasteiger partial charge is 0.222 e. The Kier molecular flexibility index (Phi) is 7.32. The predicted octanol–water partition coefficient (Wildman–Crippen LogP) is 5.20. The van der Waals surface area contributed by atoms with Gasteiger partial charge < -0.3 is 10.1 Å². The summed E-state index contributed by atoms with van der Waals surface area (Å²) >= 11 is 5.37. The number of hydrogen-bond acceptors (Lipinski definition) is 4. The summed E-state index contributed by atoms with van der Waals surface area (Å²) in [7, 11) is 0. The van der Waals surface area contributed by atoms with Gasteiger partial charge in [0.1, 0.15) is 12.4 Å². The van der Waals surface area contributed by atoms with Gasteiger partial charge in [-0.25, -0.2) is 0 Å². The molecule has 0 unspecified atom stereocenters. The lowest BCUT2D eigenvalue weighted by Crippen LogP contribution is -2.24. The van der Waals surface area contributed by atoms with E-state index in [2.05, 4.69) is 15.5 Å². The van der Waals surface area contributed by atoms with Gasteiger partial charge in [-0.2, -0.15) is 5.10 Å². The lowest BCUT2D eigenvalue weighted by Gasteiger charge is -2.10. The SMILES string of the molecule is Cc1cccc(-c2n[nH]c(=S)n2CCC(=O)NCc2cccc(OCc3ccccc3)c2)c1. The highest BCUT2D eigenvalue weighted by molar-refractivity contribution is 7.71. The molecule has 0 spiro atoms. The molecule has 1 amide bonds. The van der Waals surface area contributed by atoms with Crippen LogP contribution in [0.5, 0.6) is 5.75 Å². The van der Waals surface area contributed by atoms with Crippen LogP contribution < -0.4 is 10.1 Å². The van der Waals surface area contributed by atoms with Crippen molar-refractivity contribution in [3.63, 3.8) is 0 Å². The van der Waals surface area contributed by atoms with Gasteiger partial charge in [-0.15, -0.1) is 0 Å². The molecule has 0 aliphatic heterocycles. The maximum atomic E-state index is 12.5. The Bertz CT molecular complexity index is 1280. The van der Waals surface area contributed by atoms with Crippen molar-refractivity contribution in [3.8, 4) is 17.1 Å². The summed E-state index contributed by atoms with van der Waals surface area (Å²) in [6, 6.07) is 25.8. The van der Waals surface area contributed by atoms with Gasteiger partial charge >= 0.3 is 0 Å². The summed E-state index contributed by atoms with van der Waals surface area (Å²) in [4.78, 5) is 12.5. The van der Waals surface area contributed by atoms with Crippen LogP contribution in [0.4, 0.5) is 0 Å². The van der Waals surface area contributed by atoms with Crippen LogP contribution in [0.1, 0.15) is 23.1 Å². The maximum Gasteiger partial charge on any atom is 0.222 e. The highest BCUT2D eigenvalue weighted by Crippen LogP contribution is 2.19. The van der Waals surface area contributed by atoms with E-state index in [0.29, 0.717) is 30.9 Å². The minimum absolute atomic E-state index is 0.0519. The molecule has 0 saturated heterocycles. The molecule has 168 valence electrons. The quantitative estimate of drug-likeness (QED) is 0.338. The normalized spacial score (nSPS) is 10.7. The molecular formula is C26H26N4O2S. The van der Waals surface area contributed by atoms with Crippen LogP contribution in [0.15, 0.2) is 78.9 Å². The molecule has 4 aromatic rings. The van der Waals surface area contributed by atoms with Gasteiger partial charge in [0, 0.05) is 25.1 Å². The fourth-order valence-corrected chi connectivity index (χ4v) is 3.74. The van der Waals surface area contributed by atoms with Crippen LogP contribution in [0, 0.1) is 11.7 Å². The predicted molar refractivity (Wildman–Crippen MR) is 131 cm³/mol. The number of benzene rings is 3. The molecule has 4 rings (SSSR count). The molecule has 1 heterocycles. The van der Waals surface area contributed by atoms with Crippen molar-refractivity contribution in [1.82, 2.24) is 20.1 Å². The molecule has 0 aliphatic carbocycles. The number of aryl methyl sites for hydroxylation is 1. The zero-order chi connectivity index (χ0) is 23.0. The first-order chi connectivity index (χ1) is 16.1. The van der Waals surface area contributed by atoms with Crippen molar-refractivity contribution in [3.05, 3.63) is 100 Å².